The summed E-state index contributed by atoms with van der Waals surface area (Å²) in [6.07, 6.45) is 1.26. The van der Waals surface area contributed by atoms with Gasteiger partial charge in [0.1, 0.15) is 11.6 Å². The van der Waals surface area contributed by atoms with Crippen molar-refractivity contribution in [1.29, 1.82) is 0 Å². The summed E-state index contributed by atoms with van der Waals surface area (Å²) in [7, 11) is 0. The predicted molar refractivity (Wildman–Crippen MR) is 39.4 cm³/mol. The molecule has 0 aromatic heterocycles. The number of ketones is 2. The molecule has 0 saturated carbocycles. The molecule has 2 heteroatoms. The van der Waals surface area contributed by atoms with E-state index in [9.17, 15) is 9.59 Å². The molecule has 0 aromatic carbocycles. The van der Waals surface area contributed by atoms with Crippen molar-refractivity contribution in [3.63, 3.8) is 0 Å². The Labute approximate surface area is 61.6 Å². The van der Waals surface area contributed by atoms with Crippen LogP contribution in [0.3, 0.4) is 0 Å². The highest BCUT2D eigenvalue weighted by Gasteiger charge is 2.15. The Morgan fingerprint density at radius 2 is 2.00 bits per heavy atom. The molecular formula is C8H13O2. The minimum absolute atomic E-state index is 0.0463. The average molecular weight is 141 g/mol. The standard InChI is InChI=1S/C8H13O2/c1-4-5-8(10)6(2)7(3)9/h6H,2,4-5H2,1,3H3. The molecule has 0 saturated heterocycles. The van der Waals surface area contributed by atoms with Crippen molar-refractivity contribution in [3.8, 4) is 0 Å². The predicted octanol–water partition coefficient (Wildman–Crippen LogP) is 1.39. The van der Waals surface area contributed by atoms with Gasteiger partial charge in [0.05, 0.1) is 5.92 Å². The molecule has 0 N–H and O–H groups in total. The van der Waals surface area contributed by atoms with Gasteiger partial charge in [0.25, 0.3) is 0 Å². The molecule has 0 fully saturated rings. The molecule has 2 nitrogen and oxygen atoms in total. The molecule has 0 spiro atoms. The highest BCUT2D eigenvalue weighted by molar-refractivity contribution is 6.01. The molecule has 1 radical (unpaired) electrons. The Kier molecular flexibility index (Phi) is 3.93. The van der Waals surface area contributed by atoms with Gasteiger partial charge in [-0.05, 0) is 20.3 Å². The van der Waals surface area contributed by atoms with Crippen LogP contribution in [-0.2, 0) is 9.59 Å². The third-order valence-corrected chi connectivity index (χ3v) is 1.38. The van der Waals surface area contributed by atoms with Gasteiger partial charge < -0.3 is 0 Å². The minimum atomic E-state index is -0.639. The van der Waals surface area contributed by atoms with E-state index in [1.807, 2.05) is 6.92 Å². The summed E-state index contributed by atoms with van der Waals surface area (Å²) >= 11 is 0. The van der Waals surface area contributed by atoms with Gasteiger partial charge in [0.2, 0.25) is 0 Å². The summed E-state index contributed by atoms with van der Waals surface area (Å²) in [5.74, 6) is -0.826. The number of rotatable bonds is 4. The first kappa shape index (κ1) is 9.34. The van der Waals surface area contributed by atoms with E-state index in [0.29, 0.717) is 6.42 Å². The first-order chi connectivity index (χ1) is 4.59. The Bertz CT molecular complexity index is 138. The molecule has 0 aliphatic heterocycles. The fourth-order valence-corrected chi connectivity index (χ4v) is 0.647. The van der Waals surface area contributed by atoms with Crippen molar-refractivity contribution in [2.75, 3.05) is 0 Å². The molecule has 0 rings (SSSR count). The van der Waals surface area contributed by atoms with E-state index in [2.05, 4.69) is 6.92 Å². The lowest BCUT2D eigenvalue weighted by Gasteiger charge is -2.03. The number of hydrogen-bond acceptors (Lipinski definition) is 2. The molecule has 0 aliphatic carbocycles. The van der Waals surface area contributed by atoms with Gasteiger partial charge in [-0.3, -0.25) is 9.59 Å². The Morgan fingerprint density at radius 3 is 2.30 bits per heavy atom. The van der Waals surface area contributed by atoms with E-state index in [-0.39, 0.29) is 11.6 Å². The zero-order valence-electron chi connectivity index (χ0n) is 6.52. The summed E-state index contributed by atoms with van der Waals surface area (Å²) in [6, 6.07) is 0. The van der Waals surface area contributed by atoms with Crippen molar-refractivity contribution in [1.82, 2.24) is 0 Å². The van der Waals surface area contributed by atoms with E-state index in [1.54, 1.807) is 0 Å². The molecule has 57 valence electrons. The smallest absolute Gasteiger partial charge is 0.143 e. The van der Waals surface area contributed by atoms with E-state index in [0.717, 1.165) is 6.42 Å². The second-order valence-corrected chi connectivity index (χ2v) is 2.38. The van der Waals surface area contributed by atoms with Gasteiger partial charge in [-0.1, -0.05) is 6.92 Å². The highest BCUT2D eigenvalue weighted by atomic mass is 16.1. The first-order valence-electron chi connectivity index (χ1n) is 3.45. The monoisotopic (exact) mass is 141 g/mol. The fourth-order valence-electron chi connectivity index (χ4n) is 0.647. The van der Waals surface area contributed by atoms with Crippen LogP contribution in [0.2, 0.25) is 0 Å². The second kappa shape index (κ2) is 4.20. The average Bonchev–Trinajstić information content (AvgIpc) is 1.87. The zero-order chi connectivity index (χ0) is 8.15. The maximum absolute atomic E-state index is 10.9. The molecule has 10 heavy (non-hydrogen) atoms. The normalized spacial score (nSPS) is 12.7. The van der Waals surface area contributed by atoms with Crippen LogP contribution >= 0.6 is 0 Å². The molecule has 0 aromatic rings. The third-order valence-electron chi connectivity index (χ3n) is 1.38. The molecule has 1 atom stereocenters. The lowest BCUT2D eigenvalue weighted by atomic mass is 9.99. The van der Waals surface area contributed by atoms with Gasteiger partial charge in [-0.15, -0.1) is 0 Å². The van der Waals surface area contributed by atoms with Gasteiger partial charge in [-0.2, -0.15) is 0 Å². The maximum Gasteiger partial charge on any atom is 0.143 e. The molecule has 0 bridgehead atoms. The van der Waals surface area contributed by atoms with Crippen molar-refractivity contribution >= 4 is 11.6 Å². The largest absolute Gasteiger partial charge is 0.299 e. The van der Waals surface area contributed by atoms with Crippen LogP contribution in [0.5, 0.6) is 0 Å². The summed E-state index contributed by atoms with van der Waals surface area (Å²) < 4.78 is 0. The van der Waals surface area contributed by atoms with Crippen LogP contribution in [0.1, 0.15) is 26.7 Å². The van der Waals surface area contributed by atoms with E-state index in [4.69, 9.17) is 0 Å². The second-order valence-electron chi connectivity index (χ2n) is 2.38. The van der Waals surface area contributed by atoms with Crippen molar-refractivity contribution in [3.05, 3.63) is 6.92 Å². The van der Waals surface area contributed by atoms with Crippen molar-refractivity contribution in [2.24, 2.45) is 5.92 Å². The van der Waals surface area contributed by atoms with Gasteiger partial charge in [0.15, 0.2) is 0 Å². The lowest BCUT2D eigenvalue weighted by molar-refractivity contribution is -0.129. The molecular weight excluding hydrogens is 128 g/mol. The zero-order valence-corrected chi connectivity index (χ0v) is 6.52. The van der Waals surface area contributed by atoms with Crippen LogP contribution in [0.15, 0.2) is 0 Å². The quantitative estimate of drug-likeness (QED) is 0.554. The molecule has 0 amide bonds. The van der Waals surface area contributed by atoms with Crippen molar-refractivity contribution in [2.45, 2.75) is 26.7 Å². The number of Topliss-reactive ketones (excluding diaryl/α,β-unsaturated/α-hetero) is 2. The number of carbonyl (C=O) groups is 2. The molecule has 0 aliphatic rings. The summed E-state index contributed by atoms with van der Waals surface area (Å²) in [5.41, 5.74) is 0. The summed E-state index contributed by atoms with van der Waals surface area (Å²) in [6.45, 7) is 6.76. The number of carbonyl (C=O) groups excluding carboxylic acids is 2. The molecule has 1 unspecified atom stereocenters. The summed E-state index contributed by atoms with van der Waals surface area (Å²) in [4.78, 5) is 21.5. The molecule has 0 heterocycles. The highest BCUT2D eigenvalue weighted by Crippen LogP contribution is 2.02. The Hall–Kier alpha value is -0.660. The lowest BCUT2D eigenvalue weighted by Crippen LogP contribution is -2.18. The van der Waals surface area contributed by atoms with Crippen LogP contribution < -0.4 is 0 Å². The first-order valence-corrected chi connectivity index (χ1v) is 3.45. The Balaban J connectivity index is 3.82. The summed E-state index contributed by atoms with van der Waals surface area (Å²) in [5, 5.41) is 0. The Morgan fingerprint density at radius 1 is 1.50 bits per heavy atom. The van der Waals surface area contributed by atoms with Gasteiger partial charge in [0, 0.05) is 6.42 Å². The topological polar surface area (TPSA) is 34.1 Å². The maximum atomic E-state index is 10.9. The third kappa shape index (κ3) is 2.76. The minimum Gasteiger partial charge on any atom is -0.299 e. The van der Waals surface area contributed by atoms with Crippen molar-refractivity contribution < 1.29 is 9.59 Å². The fraction of sp³-hybridized carbons (Fsp3) is 0.625. The van der Waals surface area contributed by atoms with Crippen LogP contribution in [0.4, 0.5) is 0 Å². The van der Waals surface area contributed by atoms with E-state index >= 15 is 0 Å². The van der Waals surface area contributed by atoms with Crippen LogP contribution in [0, 0.1) is 12.8 Å². The van der Waals surface area contributed by atoms with Gasteiger partial charge >= 0.3 is 0 Å². The van der Waals surface area contributed by atoms with E-state index in [1.165, 1.54) is 6.92 Å². The van der Waals surface area contributed by atoms with Crippen LogP contribution in [0.25, 0.3) is 0 Å². The van der Waals surface area contributed by atoms with Gasteiger partial charge in [-0.25, -0.2) is 0 Å². The van der Waals surface area contributed by atoms with E-state index < -0.39 is 5.92 Å². The SMILES string of the molecule is [CH2]C(C(C)=O)C(=O)CCC. The van der Waals surface area contributed by atoms with Crippen LogP contribution in [-0.4, -0.2) is 11.6 Å². The number of hydrogen-bond donors (Lipinski definition) is 0.